The number of halogens is 1. The molecule has 2 nitrogen and oxygen atoms in total. The summed E-state index contributed by atoms with van der Waals surface area (Å²) in [4.78, 5) is 2.43. The van der Waals surface area contributed by atoms with E-state index in [-0.39, 0.29) is 0 Å². The zero-order chi connectivity index (χ0) is 11.4. The van der Waals surface area contributed by atoms with Crippen LogP contribution in [0.25, 0.3) is 0 Å². The van der Waals surface area contributed by atoms with Crippen LogP contribution in [0.4, 0.5) is 5.69 Å². The Morgan fingerprint density at radius 2 is 1.81 bits per heavy atom. The summed E-state index contributed by atoms with van der Waals surface area (Å²) >= 11 is 3.45. The molecule has 1 fully saturated rings. The maximum Gasteiger partial charge on any atom is 0.0433 e. The lowest BCUT2D eigenvalue weighted by Crippen LogP contribution is -2.33. The van der Waals surface area contributed by atoms with Crippen molar-refractivity contribution in [1.82, 2.24) is 0 Å². The Hall–Kier alpha value is -0.540. The summed E-state index contributed by atoms with van der Waals surface area (Å²) in [6.07, 6.45) is 3.38. The summed E-state index contributed by atoms with van der Waals surface area (Å²) in [6, 6.07) is 8.51. The molecular formula is C13H18BrNO. The number of aliphatic hydroxyl groups excluding tert-OH is 1. The van der Waals surface area contributed by atoms with Crippen LogP contribution in [0.2, 0.25) is 0 Å². The van der Waals surface area contributed by atoms with Crippen LogP contribution < -0.4 is 4.90 Å². The van der Waals surface area contributed by atoms with Crippen molar-refractivity contribution in [2.45, 2.75) is 19.3 Å². The zero-order valence-corrected chi connectivity index (χ0v) is 11.0. The van der Waals surface area contributed by atoms with Gasteiger partial charge in [-0.2, -0.15) is 0 Å². The van der Waals surface area contributed by atoms with Crippen LogP contribution in [0.5, 0.6) is 0 Å². The van der Waals surface area contributed by atoms with Crippen molar-refractivity contribution in [1.29, 1.82) is 0 Å². The highest BCUT2D eigenvalue weighted by atomic mass is 79.9. The van der Waals surface area contributed by atoms with E-state index in [9.17, 15) is 0 Å². The molecule has 0 bridgehead atoms. The Kier molecular flexibility index (Phi) is 4.24. The van der Waals surface area contributed by atoms with Gasteiger partial charge in [0.2, 0.25) is 0 Å². The Morgan fingerprint density at radius 3 is 2.38 bits per heavy atom. The second-order valence-corrected chi connectivity index (χ2v) is 5.33. The summed E-state index contributed by atoms with van der Waals surface area (Å²) in [5.41, 5.74) is 1.31. The van der Waals surface area contributed by atoms with Gasteiger partial charge in [0.1, 0.15) is 0 Å². The fraction of sp³-hybridized carbons (Fsp3) is 0.538. The molecule has 0 aromatic heterocycles. The van der Waals surface area contributed by atoms with Gasteiger partial charge in [-0.15, -0.1) is 0 Å². The molecule has 1 aromatic carbocycles. The molecule has 0 saturated carbocycles. The van der Waals surface area contributed by atoms with Crippen LogP contribution in [-0.2, 0) is 0 Å². The minimum atomic E-state index is 0.336. The summed E-state index contributed by atoms with van der Waals surface area (Å²) in [5, 5.41) is 8.91. The largest absolute Gasteiger partial charge is 0.396 e. The molecule has 2 rings (SSSR count). The van der Waals surface area contributed by atoms with Gasteiger partial charge in [0, 0.05) is 29.9 Å². The van der Waals surface area contributed by atoms with E-state index in [0.29, 0.717) is 6.61 Å². The second kappa shape index (κ2) is 5.69. The van der Waals surface area contributed by atoms with E-state index < -0.39 is 0 Å². The Labute approximate surface area is 105 Å². The maximum atomic E-state index is 8.91. The quantitative estimate of drug-likeness (QED) is 0.922. The summed E-state index contributed by atoms with van der Waals surface area (Å²) < 4.78 is 1.13. The molecule has 1 aromatic rings. The fourth-order valence-electron chi connectivity index (χ4n) is 2.31. The molecule has 0 radical (unpaired) electrons. The Morgan fingerprint density at radius 1 is 1.19 bits per heavy atom. The fourth-order valence-corrected chi connectivity index (χ4v) is 2.58. The lowest BCUT2D eigenvalue weighted by molar-refractivity contribution is 0.240. The Bertz CT molecular complexity index is 317. The number of rotatable bonds is 3. The van der Waals surface area contributed by atoms with Gasteiger partial charge in [0.15, 0.2) is 0 Å². The number of hydrogen-bond donors (Lipinski definition) is 1. The molecule has 1 saturated heterocycles. The normalized spacial score (nSPS) is 17.8. The van der Waals surface area contributed by atoms with E-state index in [1.807, 2.05) is 0 Å². The van der Waals surface area contributed by atoms with Gasteiger partial charge in [0.05, 0.1) is 0 Å². The van der Waals surface area contributed by atoms with Crippen LogP contribution in [0, 0.1) is 5.92 Å². The third-order valence-corrected chi connectivity index (χ3v) is 3.87. The van der Waals surface area contributed by atoms with E-state index >= 15 is 0 Å². The topological polar surface area (TPSA) is 23.5 Å². The van der Waals surface area contributed by atoms with Gasteiger partial charge in [-0.1, -0.05) is 15.9 Å². The van der Waals surface area contributed by atoms with Crippen LogP contribution in [-0.4, -0.2) is 24.8 Å². The molecule has 0 spiro atoms. The van der Waals surface area contributed by atoms with Crippen LogP contribution >= 0.6 is 15.9 Å². The monoisotopic (exact) mass is 283 g/mol. The minimum Gasteiger partial charge on any atom is -0.396 e. The van der Waals surface area contributed by atoms with E-state index in [1.54, 1.807) is 0 Å². The molecule has 1 N–H and O–H groups in total. The first-order chi connectivity index (χ1) is 7.79. The zero-order valence-electron chi connectivity index (χ0n) is 9.40. The van der Waals surface area contributed by atoms with Gasteiger partial charge in [0.25, 0.3) is 0 Å². The van der Waals surface area contributed by atoms with E-state index in [0.717, 1.165) is 29.9 Å². The molecule has 0 unspecified atom stereocenters. The van der Waals surface area contributed by atoms with Crippen LogP contribution in [0.1, 0.15) is 19.3 Å². The van der Waals surface area contributed by atoms with Crippen molar-refractivity contribution in [2.24, 2.45) is 5.92 Å². The first-order valence-corrected chi connectivity index (χ1v) is 6.70. The van der Waals surface area contributed by atoms with Gasteiger partial charge in [-0.25, -0.2) is 0 Å². The molecule has 0 aliphatic carbocycles. The smallest absolute Gasteiger partial charge is 0.0433 e. The molecule has 1 aliphatic rings. The number of anilines is 1. The van der Waals surface area contributed by atoms with E-state index in [1.165, 1.54) is 18.5 Å². The predicted octanol–water partition coefficient (Wildman–Crippen LogP) is 3.05. The molecular weight excluding hydrogens is 266 g/mol. The van der Waals surface area contributed by atoms with Gasteiger partial charge < -0.3 is 10.0 Å². The third-order valence-electron chi connectivity index (χ3n) is 3.34. The molecule has 0 atom stereocenters. The number of nitrogens with zero attached hydrogens (tertiary/aromatic N) is 1. The summed E-state index contributed by atoms with van der Waals surface area (Å²) in [5.74, 6) is 0.719. The highest BCUT2D eigenvalue weighted by Crippen LogP contribution is 2.25. The molecule has 0 amide bonds. The average Bonchev–Trinajstić information content (AvgIpc) is 2.32. The molecule has 3 heteroatoms. The van der Waals surface area contributed by atoms with Crippen molar-refractivity contribution in [2.75, 3.05) is 24.6 Å². The van der Waals surface area contributed by atoms with Gasteiger partial charge >= 0.3 is 0 Å². The summed E-state index contributed by atoms with van der Waals surface area (Å²) in [6.45, 7) is 2.57. The summed E-state index contributed by atoms with van der Waals surface area (Å²) in [7, 11) is 0. The van der Waals surface area contributed by atoms with Crippen LogP contribution in [0.15, 0.2) is 28.7 Å². The maximum absolute atomic E-state index is 8.91. The Balaban J connectivity index is 1.91. The van der Waals surface area contributed by atoms with Gasteiger partial charge in [-0.05, 0) is 49.4 Å². The molecule has 16 heavy (non-hydrogen) atoms. The van der Waals surface area contributed by atoms with E-state index in [4.69, 9.17) is 5.11 Å². The van der Waals surface area contributed by atoms with Crippen LogP contribution in [0.3, 0.4) is 0 Å². The van der Waals surface area contributed by atoms with Crippen molar-refractivity contribution in [3.05, 3.63) is 28.7 Å². The lowest BCUT2D eigenvalue weighted by atomic mass is 9.94. The minimum absolute atomic E-state index is 0.336. The molecule has 88 valence electrons. The number of hydrogen-bond acceptors (Lipinski definition) is 2. The molecule has 1 aliphatic heterocycles. The standard InChI is InChI=1S/C13H18BrNO/c14-12-1-3-13(4-2-12)15-8-5-11(6-9-15)7-10-16/h1-4,11,16H,5-10H2. The van der Waals surface area contributed by atoms with Crippen molar-refractivity contribution in [3.8, 4) is 0 Å². The number of piperidine rings is 1. The van der Waals surface area contributed by atoms with Crippen molar-refractivity contribution < 1.29 is 5.11 Å². The third kappa shape index (κ3) is 2.98. The highest BCUT2D eigenvalue weighted by molar-refractivity contribution is 9.10. The first kappa shape index (κ1) is 11.9. The highest BCUT2D eigenvalue weighted by Gasteiger charge is 2.18. The van der Waals surface area contributed by atoms with Gasteiger partial charge in [-0.3, -0.25) is 0 Å². The van der Waals surface area contributed by atoms with E-state index in [2.05, 4.69) is 45.1 Å². The van der Waals surface area contributed by atoms with Crippen molar-refractivity contribution in [3.63, 3.8) is 0 Å². The SMILES string of the molecule is OCCC1CCN(c2ccc(Br)cc2)CC1. The van der Waals surface area contributed by atoms with Crippen molar-refractivity contribution >= 4 is 21.6 Å². The predicted molar refractivity (Wildman–Crippen MR) is 70.8 cm³/mol. The first-order valence-electron chi connectivity index (χ1n) is 5.91. The second-order valence-electron chi connectivity index (χ2n) is 4.42. The lowest BCUT2D eigenvalue weighted by Gasteiger charge is -2.33. The number of benzene rings is 1. The number of aliphatic hydroxyl groups is 1. The molecule has 1 heterocycles. The average molecular weight is 284 g/mol.